The van der Waals surface area contributed by atoms with E-state index in [0.717, 1.165) is 54.9 Å². The molecule has 2 aliphatic rings. The number of likely N-dealkylation sites (N-methyl/N-ethyl adjacent to an activating group) is 1. The molecule has 1 saturated heterocycles. The molecule has 1 fully saturated rings. The van der Waals surface area contributed by atoms with Gasteiger partial charge in [-0.25, -0.2) is 0 Å². The summed E-state index contributed by atoms with van der Waals surface area (Å²) in [5.41, 5.74) is 4.63. The fourth-order valence-corrected chi connectivity index (χ4v) is 5.44. The standard InChI is InChI=1S/C29H30Cl2N4O3/c1-19-22(6-5-11-32-19)20-7-9-21(10-8-20)26(16-34-12-3-4-13-34)33(2)28(36)17-35-25-14-23(30)24(31)15-27(25)38-18-29(35)37/h5-11,14-15,26H,3-4,12-13,16-18H2,1-2H3. The lowest BCUT2D eigenvalue weighted by Crippen LogP contribution is -2.47. The number of aryl methyl sites for hydroxylation is 1. The molecule has 9 heteroatoms. The Labute approximate surface area is 232 Å². The molecule has 3 aromatic rings. The van der Waals surface area contributed by atoms with Crippen LogP contribution in [0.25, 0.3) is 11.1 Å². The van der Waals surface area contributed by atoms with Crippen LogP contribution in [0, 0.1) is 6.92 Å². The van der Waals surface area contributed by atoms with Gasteiger partial charge in [-0.2, -0.15) is 0 Å². The van der Waals surface area contributed by atoms with E-state index in [-0.39, 0.29) is 31.0 Å². The number of amides is 2. The van der Waals surface area contributed by atoms with Crippen LogP contribution in [0.1, 0.15) is 30.1 Å². The topological polar surface area (TPSA) is 66.0 Å². The van der Waals surface area contributed by atoms with Crippen molar-refractivity contribution in [2.24, 2.45) is 0 Å². The molecule has 1 aromatic heterocycles. The van der Waals surface area contributed by atoms with Crippen LogP contribution in [0.5, 0.6) is 5.75 Å². The van der Waals surface area contributed by atoms with Crippen molar-refractivity contribution in [1.29, 1.82) is 0 Å². The lowest BCUT2D eigenvalue weighted by molar-refractivity contribution is -0.133. The molecule has 0 N–H and O–H groups in total. The summed E-state index contributed by atoms with van der Waals surface area (Å²) in [6.07, 6.45) is 4.11. The van der Waals surface area contributed by atoms with Gasteiger partial charge in [-0.05, 0) is 56.1 Å². The van der Waals surface area contributed by atoms with Crippen LogP contribution in [0.2, 0.25) is 10.0 Å². The summed E-state index contributed by atoms with van der Waals surface area (Å²) in [6.45, 7) is 4.47. The first-order valence-electron chi connectivity index (χ1n) is 12.7. The van der Waals surface area contributed by atoms with Crippen molar-refractivity contribution in [1.82, 2.24) is 14.8 Å². The fraction of sp³-hybridized carbons (Fsp3) is 0.345. The second-order valence-electron chi connectivity index (χ2n) is 9.79. The minimum absolute atomic E-state index is 0.118. The Morgan fingerprint density at radius 2 is 1.82 bits per heavy atom. The van der Waals surface area contributed by atoms with E-state index in [1.54, 1.807) is 23.2 Å². The summed E-state index contributed by atoms with van der Waals surface area (Å²) >= 11 is 12.4. The molecule has 1 unspecified atom stereocenters. The van der Waals surface area contributed by atoms with Gasteiger partial charge in [0.2, 0.25) is 5.91 Å². The fourth-order valence-electron chi connectivity index (χ4n) is 5.13. The highest BCUT2D eigenvalue weighted by Crippen LogP contribution is 2.39. The zero-order valence-corrected chi connectivity index (χ0v) is 23.0. The number of aromatic nitrogens is 1. The number of carbonyl (C=O) groups excluding carboxylic acids is 2. The molecule has 2 amide bonds. The third-order valence-corrected chi connectivity index (χ3v) is 8.06. The van der Waals surface area contributed by atoms with Crippen molar-refractivity contribution in [2.45, 2.75) is 25.8 Å². The smallest absolute Gasteiger partial charge is 0.265 e. The molecule has 2 aliphatic heterocycles. The largest absolute Gasteiger partial charge is 0.482 e. The zero-order valence-electron chi connectivity index (χ0n) is 21.5. The molecule has 198 valence electrons. The van der Waals surface area contributed by atoms with E-state index >= 15 is 0 Å². The number of hydrogen-bond donors (Lipinski definition) is 0. The van der Waals surface area contributed by atoms with Gasteiger partial charge in [0, 0.05) is 37.1 Å². The van der Waals surface area contributed by atoms with Gasteiger partial charge in [-0.3, -0.25) is 19.5 Å². The number of halogens is 2. The number of nitrogens with zero attached hydrogens (tertiary/aromatic N) is 4. The molecule has 38 heavy (non-hydrogen) atoms. The molecule has 1 atom stereocenters. The van der Waals surface area contributed by atoms with Crippen molar-refractivity contribution in [3.8, 4) is 16.9 Å². The maximum atomic E-state index is 13.6. The molecular formula is C29H30Cl2N4O3. The summed E-state index contributed by atoms with van der Waals surface area (Å²) in [4.78, 5) is 36.4. The number of ether oxygens (including phenoxy) is 1. The zero-order chi connectivity index (χ0) is 26.8. The third-order valence-electron chi connectivity index (χ3n) is 7.34. The Bertz CT molecular complexity index is 1340. The van der Waals surface area contributed by atoms with E-state index in [1.165, 1.54) is 4.90 Å². The molecule has 5 rings (SSSR count). The van der Waals surface area contributed by atoms with Crippen molar-refractivity contribution in [3.63, 3.8) is 0 Å². The van der Waals surface area contributed by atoms with E-state index in [4.69, 9.17) is 27.9 Å². The van der Waals surface area contributed by atoms with Crippen LogP contribution in [0.3, 0.4) is 0 Å². The molecule has 2 aromatic carbocycles. The van der Waals surface area contributed by atoms with Gasteiger partial charge in [0.15, 0.2) is 6.61 Å². The number of fused-ring (bicyclic) bond motifs is 1. The van der Waals surface area contributed by atoms with E-state index in [9.17, 15) is 9.59 Å². The molecule has 0 aliphatic carbocycles. The van der Waals surface area contributed by atoms with E-state index in [2.05, 4.69) is 40.2 Å². The summed E-state index contributed by atoms with van der Waals surface area (Å²) in [7, 11) is 1.81. The van der Waals surface area contributed by atoms with Crippen molar-refractivity contribution in [3.05, 3.63) is 76.0 Å². The van der Waals surface area contributed by atoms with Crippen LogP contribution in [-0.2, 0) is 9.59 Å². The first-order valence-corrected chi connectivity index (χ1v) is 13.5. The van der Waals surface area contributed by atoms with Crippen molar-refractivity contribution in [2.75, 3.05) is 44.7 Å². The minimum Gasteiger partial charge on any atom is -0.482 e. The van der Waals surface area contributed by atoms with E-state index < -0.39 is 0 Å². The van der Waals surface area contributed by atoms with E-state index in [0.29, 0.717) is 21.5 Å². The lowest BCUT2D eigenvalue weighted by atomic mass is 9.99. The highest BCUT2D eigenvalue weighted by Gasteiger charge is 2.32. The maximum absolute atomic E-state index is 13.6. The summed E-state index contributed by atoms with van der Waals surface area (Å²) < 4.78 is 5.54. The predicted molar refractivity (Wildman–Crippen MR) is 150 cm³/mol. The lowest BCUT2D eigenvalue weighted by Gasteiger charge is -2.35. The van der Waals surface area contributed by atoms with Crippen LogP contribution in [-0.4, -0.2) is 66.4 Å². The molecule has 0 bridgehead atoms. The second-order valence-corrected chi connectivity index (χ2v) is 10.6. The normalized spacial score (nSPS) is 16.2. The Morgan fingerprint density at radius 1 is 1.11 bits per heavy atom. The van der Waals surface area contributed by atoms with Crippen LogP contribution in [0.15, 0.2) is 54.7 Å². The average molecular weight is 553 g/mol. The molecule has 0 radical (unpaired) electrons. The summed E-state index contributed by atoms with van der Waals surface area (Å²) in [5.74, 6) is -0.0390. The van der Waals surface area contributed by atoms with E-state index in [1.807, 2.05) is 20.0 Å². The van der Waals surface area contributed by atoms with Gasteiger partial charge in [-0.15, -0.1) is 0 Å². The molecule has 3 heterocycles. The molecular weight excluding hydrogens is 523 g/mol. The monoisotopic (exact) mass is 552 g/mol. The highest BCUT2D eigenvalue weighted by atomic mass is 35.5. The number of benzene rings is 2. The maximum Gasteiger partial charge on any atom is 0.265 e. The Balaban J connectivity index is 1.40. The molecule has 7 nitrogen and oxygen atoms in total. The number of rotatable bonds is 7. The third kappa shape index (κ3) is 5.51. The molecule has 0 spiro atoms. The Morgan fingerprint density at radius 3 is 2.53 bits per heavy atom. The van der Waals surface area contributed by atoms with Crippen LogP contribution >= 0.6 is 23.2 Å². The number of pyridine rings is 1. The van der Waals surface area contributed by atoms with Gasteiger partial charge in [0.25, 0.3) is 5.91 Å². The van der Waals surface area contributed by atoms with Gasteiger partial charge >= 0.3 is 0 Å². The number of anilines is 1. The summed E-state index contributed by atoms with van der Waals surface area (Å²) in [5, 5.41) is 0.629. The predicted octanol–water partition coefficient (Wildman–Crippen LogP) is 5.38. The van der Waals surface area contributed by atoms with Gasteiger partial charge in [-0.1, -0.05) is 53.5 Å². The van der Waals surface area contributed by atoms with Crippen molar-refractivity contribution >= 4 is 40.7 Å². The van der Waals surface area contributed by atoms with Gasteiger partial charge in [0.1, 0.15) is 12.3 Å². The SMILES string of the molecule is Cc1ncccc1-c1ccc(C(CN2CCCC2)N(C)C(=O)CN2C(=O)COc3cc(Cl)c(Cl)cc32)cc1. The summed E-state index contributed by atoms with van der Waals surface area (Å²) in [6, 6.07) is 15.3. The minimum atomic E-state index is -0.301. The first kappa shape index (κ1) is 26.5. The number of likely N-dealkylation sites (tertiary alicyclic amines) is 1. The van der Waals surface area contributed by atoms with Gasteiger partial charge < -0.3 is 14.5 Å². The number of carbonyl (C=O) groups is 2. The average Bonchev–Trinajstić information content (AvgIpc) is 3.43. The Kier molecular flexibility index (Phi) is 7.88. The second kappa shape index (κ2) is 11.3. The first-order chi connectivity index (χ1) is 18.3. The highest BCUT2D eigenvalue weighted by molar-refractivity contribution is 6.42. The van der Waals surface area contributed by atoms with Crippen molar-refractivity contribution < 1.29 is 14.3 Å². The molecule has 0 saturated carbocycles. The number of hydrogen-bond acceptors (Lipinski definition) is 5. The van der Waals surface area contributed by atoms with Crippen LogP contribution < -0.4 is 9.64 Å². The quantitative estimate of drug-likeness (QED) is 0.393. The van der Waals surface area contributed by atoms with Gasteiger partial charge in [0.05, 0.1) is 21.8 Å². The van der Waals surface area contributed by atoms with Crippen LogP contribution in [0.4, 0.5) is 5.69 Å². The Hall–Kier alpha value is -3.13.